The highest BCUT2D eigenvalue weighted by Gasteiger charge is 2.21. The summed E-state index contributed by atoms with van der Waals surface area (Å²) in [5, 5.41) is 6.63. The number of rotatable bonds is 11. The summed E-state index contributed by atoms with van der Waals surface area (Å²) in [5.74, 6) is 1.93. The van der Waals surface area contributed by atoms with E-state index in [0.717, 1.165) is 26.1 Å². The quantitative estimate of drug-likeness (QED) is 0.439. The molecule has 1 aliphatic rings. The predicted molar refractivity (Wildman–Crippen MR) is 132 cm³/mol. The summed E-state index contributed by atoms with van der Waals surface area (Å²) >= 11 is 0. The predicted octanol–water partition coefficient (Wildman–Crippen LogP) is 2.51. The molecule has 1 aliphatic heterocycles. The molecule has 182 valence electrons. The van der Waals surface area contributed by atoms with E-state index in [1.54, 1.807) is 18.6 Å². The second kappa shape index (κ2) is 10.7. The molecule has 34 heavy (non-hydrogen) atoms. The lowest BCUT2D eigenvalue weighted by Crippen LogP contribution is -2.40. The van der Waals surface area contributed by atoms with Crippen molar-refractivity contribution in [1.82, 2.24) is 39.3 Å². The third-order valence-corrected chi connectivity index (χ3v) is 6.06. The molecule has 3 aromatic rings. The minimum Gasteiger partial charge on any atom is -0.367 e. The average molecular weight is 467 g/mol. The van der Waals surface area contributed by atoms with Crippen LogP contribution in [0.5, 0.6) is 0 Å². The summed E-state index contributed by atoms with van der Waals surface area (Å²) in [7, 11) is 0. The van der Waals surface area contributed by atoms with Gasteiger partial charge in [0, 0.05) is 57.4 Å². The van der Waals surface area contributed by atoms with Crippen molar-refractivity contribution in [1.29, 1.82) is 0 Å². The molecule has 4 rings (SSSR count). The van der Waals surface area contributed by atoms with E-state index in [9.17, 15) is 4.79 Å². The van der Waals surface area contributed by atoms with Crippen molar-refractivity contribution in [3.8, 4) is 0 Å². The minimum atomic E-state index is 0.215. The van der Waals surface area contributed by atoms with Crippen LogP contribution in [0.3, 0.4) is 0 Å². The molecule has 0 radical (unpaired) electrons. The molecule has 0 bridgehead atoms. The second-order valence-electron chi connectivity index (χ2n) is 9.06. The molecular weight excluding hydrogens is 432 g/mol. The maximum absolute atomic E-state index is 12.0. The van der Waals surface area contributed by atoms with Gasteiger partial charge in [-0.3, -0.25) is 9.69 Å². The van der Waals surface area contributed by atoms with E-state index in [-0.39, 0.29) is 5.91 Å². The molecule has 0 spiro atoms. The number of nitrogens with one attached hydrogen (secondary N) is 2. The average Bonchev–Trinajstić information content (AvgIpc) is 3.41. The molecule has 0 unspecified atom stereocenters. The first-order chi connectivity index (χ1) is 16.4. The first-order valence-electron chi connectivity index (χ1n) is 12.0. The minimum absolute atomic E-state index is 0.215. The number of hydrogen-bond donors (Lipinski definition) is 2. The van der Waals surface area contributed by atoms with Crippen LogP contribution in [0.4, 0.5) is 17.6 Å². The Morgan fingerprint density at radius 2 is 1.94 bits per heavy atom. The fraction of sp³-hybridized carbons (Fsp3) is 0.565. The smallest absolute Gasteiger partial charge is 0.232 e. The maximum Gasteiger partial charge on any atom is 0.232 e. The van der Waals surface area contributed by atoms with Crippen molar-refractivity contribution < 1.29 is 4.79 Å². The maximum atomic E-state index is 12.0. The standard InChI is InChI=1S/C23H34N10O/c1-16(2)33(17(3)4)11-9-25-21-20-22(30-23(29-21)28-18-7-8-24-14-26-18)32(15-27-20)13-12-31-10-5-6-19(31)34/h7-8,14-17H,5-6,9-13H2,1-4H3,(H2,24,25,26,28,29,30). The normalized spacial score (nSPS) is 14.2. The van der Waals surface area contributed by atoms with Crippen LogP contribution < -0.4 is 10.6 Å². The van der Waals surface area contributed by atoms with Gasteiger partial charge in [0.05, 0.1) is 6.33 Å². The van der Waals surface area contributed by atoms with Crippen LogP contribution in [0.25, 0.3) is 11.2 Å². The zero-order valence-corrected chi connectivity index (χ0v) is 20.4. The van der Waals surface area contributed by atoms with Gasteiger partial charge in [-0.05, 0) is 40.2 Å². The lowest BCUT2D eigenvalue weighted by atomic mass is 10.2. The Morgan fingerprint density at radius 1 is 1.12 bits per heavy atom. The third-order valence-electron chi connectivity index (χ3n) is 6.06. The van der Waals surface area contributed by atoms with Gasteiger partial charge in [0.25, 0.3) is 0 Å². The van der Waals surface area contributed by atoms with E-state index in [0.29, 0.717) is 60.3 Å². The SMILES string of the molecule is CC(C)N(CCNc1nc(Nc2ccncn2)nc2c1ncn2CCN1CCCC1=O)C(C)C. The number of carbonyl (C=O) groups is 1. The van der Waals surface area contributed by atoms with Gasteiger partial charge >= 0.3 is 0 Å². The molecule has 4 heterocycles. The van der Waals surface area contributed by atoms with E-state index in [4.69, 9.17) is 9.97 Å². The Bertz CT molecular complexity index is 1090. The molecule has 1 saturated heterocycles. The van der Waals surface area contributed by atoms with Gasteiger partial charge in [0.1, 0.15) is 12.1 Å². The van der Waals surface area contributed by atoms with Crippen LogP contribution in [0, 0.1) is 0 Å². The van der Waals surface area contributed by atoms with Crippen LogP contribution in [0.2, 0.25) is 0 Å². The lowest BCUT2D eigenvalue weighted by molar-refractivity contribution is -0.127. The van der Waals surface area contributed by atoms with E-state index >= 15 is 0 Å². The van der Waals surface area contributed by atoms with Crippen molar-refractivity contribution in [3.05, 3.63) is 24.9 Å². The first-order valence-corrected chi connectivity index (χ1v) is 12.0. The van der Waals surface area contributed by atoms with E-state index in [2.05, 4.69) is 58.2 Å². The molecule has 1 fully saturated rings. The van der Waals surface area contributed by atoms with Gasteiger partial charge in [0.15, 0.2) is 17.0 Å². The number of hydrogen-bond acceptors (Lipinski definition) is 9. The number of carbonyl (C=O) groups excluding carboxylic acids is 1. The Kier molecular flexibility index (Phi) is 7.51. The van der Waals surface area contributed by atoms with Crippen molar-refractivity contribution in [2.24, 2.45) is 0 Å². The Hall–Kier alpha value is -3.34. The number of fused-ring (bicyclic) bond motifs is 1. The molecule has 0 saturated carbocycles. The van der Waals surface area contributed by atoms with Gasteiger partial charge in [0.2, 0.25) is 11.9 Å². The molecule has 0 atom stereocenters. The fourth-order valence-corrected chi connectivity index (χ4v) is 4.35. The molecule has 11 nitrogen and oxygen atoms in total. The highest BCUT2D eigenvalue weighted by atomic mass is 16.2. The van der Waals surface area contributed by atoms with Gasteiger partial charge in [-0.25, -0.2) is 15.0 Å². The molecular formula is C23H34N10O. The fourth-order valence-electron chi connectivity index (χ4n) is 4.35. The Balaban J connectivity index is 1.57. The van der Waals surface area contributed by atoms with Crippen LogP contribution in [-0.2, 0) is 11.3 Å². The van der Waals surface area contributed by atoms with E-state index in [1.165, 1.54) is 6.33 Å². The summed E-state index contributed by atoms with van der Waals surface area (Å²) in [5.41, 5.74) is 1.42. The Labute approximate surface area is 200 Å². The molecule has 11 heteroatoms. The van der Waals surface area contributed by atoms with Crippen LogP contribution in [0.15, 0.2) is 24.9 Å². The monoisotopic (exact) mass is 466 g/mol. The van der Waals surface area contributed by atoms with Gasteiger partial charge in [-0.1, -0.05) is 0 Å². The molecule has 2 N–H and O–H groups in total. The van der Waals surface area contributed by atoms with Gasteiger partial charge in [-0.2, -0.15) is 9.97 Å². The third kappa shape index (κ3) is 5.58. The second-order valence-corrected chi connectivity index (χ2v) is 9.06. The highest BCUT2D eigenvalue weighted by Crippen LogP contribution is 2.23. The number of aromatic nitrogens is 6. The van der Waals surface area contributed by atoms with Crippen molar-refractivity contribution in [3.63, 3.8) is 0 Å². The largest absolute Gasteiger partial charge is 0.367 e. The van der Waals surface area contributed by atoms with Crippen molar-refractivity contribution >= 4 is 34.7 Å². The van der Waals surface area contributed by atoms with E-state index in [1.807, 2.05) is 9.47 Å². The van der Waals surface area contributed by atoms with Crippen LogP contribution >= 0.6 is 0 Å². The van der Waals surface area contributed by atoms with Crippen LogP contribution in [0.1, 0.15) is 40.5 Å². The molecule has 1 amide bonds. The summed E-state index contributed by atoms with van der Waals surface area (Å²) in [4.78, 5) is 38.5. The van der Waals surface area contributed by atoms with Crippen molar-refractivity contribution in [2.75, 3.05) is 36.8 Å². The summed E-state index contributed by atoms with van der Waals surface area (Å²) in [6, 6.07) is 2.67. The summed E-state index contributed by atoms with van der Waals surface area (Å²) < 4.78 is 1.98. The first kappa shape index (κ1) is 23.8. The molecule has 0 aliphatic carbocycles. The summed E-state index contributed by atoms with van der Waals surface area (Å²) in [6.45, 7) is 12.5. The van der Waals surface area contributed by atoms with Crippen LogP contribution in [-0.4, -0.2) is 83.5 Å². The molecule has 3 aromatic heterocycles. The number of nitrogens with zero attached hydrogens (tertiary/aromatic N) is 8. The van der Waals surface area contributed by atoms with Gasteiger partial charge < -0.3 is 20.1 Å². The molecule has 0 aromatic carbocycles. The topological polar surface area (TPSA) is 117 Å². The number of likely N-dealkylation sites (tertiary alicyclic amines) is 1. The van der Waals surface area contributed by atoms with Crippen molar-refractivity contribution in [2.45, 2.75) is 59.2 Å². The number of anilines is 3. The lowest BCUT2D eigenvalue weighted by Gasteiger charge is -2.30. The Morgan fingerprint density at radius 3 is 2.62 bits per heavy atom. The number of amides is 1. The zero-order valence-electron chi connectivity index (χ0n) is 20.4. The highest BCUT2D eigenvalue weighted by molar-refractivity contribution is 5.84. The zero-order chi connectivity index (χ0) is 24.1. The van der Waals surface area contributed by atoms with Gasteiger partial charge in [-0.15, -0.1) is 0 Å². The number of imidazole rings is 1. The summed E-state index contributed by atoms with van der Waals surface area (Å²) in [6.07, 6.45) is 6.47. The van der Waals surface area contributed by atoms with E-state index < -0.39 is 0 Å².